The molecule has 10 aromatic rings. The number of benzene rings is 9. The van der Waals surface area contributed by atoms with Crippen LogP contribution in [0, 0.1) is 0 Å². The van der Waals surface area contributed by atoms with Crippen molar-refractivity contribution in [1.29, 1.82) is 0 Å². The van der Waals surface area contributed by atoms with Gasteiger partial charge in [0.05, 0.1) is 12.4 Å². The van der Waals surface area contributed by atoms with Gasteiger partial charge in [-0.3, -0.25) is 0 Å². The van der Waals surface area contributed by atoms with Crippen molar-refractivity contribution in [2.75, 3.05) is 4.90 Å². The van der Waals surface area contributed by atoms with Crippen molar-refractivity contribution >= 4 is 49.6 Å². The summed E-state index contributed by atoms with van der Waals surface area (Å²) in [6.07, 6.45) is 0. The molecule has 254 valence electrons. The van der Waals surface area contributed by atoms with E-state index in [0.29, 0.717) is 6.04 Å². The second-order valence-corrected chi connectivity index (χ2v) is 13.7. The zero-order valence-electron chi connectivity index (χ0n) is 30.6. The molecule has 10 rings (SSSR count). The summed E-state index contributed by atoms with van der Waals surface area (Å²) in [5, 5.41) is 4.96. The average Bonchev–Trinajstić information content (AvgIpc) is 3.59. The van der Waals surface area contributed by atoms with Gasteiger partial charge >= 0.3 is 0 Å². The van der Waals surface area contributed by atoms with Crippen LogP contribution in [-0.2, 0) is 0 Å². The first-order valence-electron chi connectivity index (χ1n) is 18.9. The van der Waals surface area contributed by atoms with Crippen LogP contribution < -0.4 is 4.90 Å². The second-order valence-electron chi connectivity index (χ2n) is 13.7. The van der Waals surface area contributed by atoms with Gasteiger partial charge in [-0.15, -0.1) is 0 Å². The molecule has 0 N–H and O–H groups in total. The van der Waals surface area contributed by atoms with E-state index in [-0.39, 0.29) is 0 Å². The van der Waals surface area contributed by atoms with Gasteiger partial charge in [0.1, 0.15) is 0 Å². The van der Waals surface area contributed by atoms with Crippen molar-refractivity contribution in [3.05, 3.63) is 218 Å². The summed E-state index contributed by atoms with van der Waals surface area (Å²) >= 11 is 0. The maximum absolute atomic E-state index is 7.94. The molecule has 0 aliphatic rings. The van der Waals surface area contributed by atoms with Crippen LogP contribution in [0.5, 0.6) is 0 Å². The Balaban J connectivity index is 1.11. The summed E-state index contributed by atoms with van der Waals surface area (Å²) in [5.41, 5.74) is 13.7. The molecule has 0 saturated heterocycles. The number of aromatic nitrogens is 1. The Bertz CT molecular complexity index is 2960. The van der Waals surface area contributed by atoms with E-state index in [1.54, 1.807) is 0 Å². The van der Waals surface area contributed by atoms with Crippen molar-refractivity contribution in [3.63, 3.8) is 0 Å². The quantitative estimate of drug-likeness (QED) is 0.162. The fraction of sp³-hybridized carbons (Fsp3) is 0. The molecule has 0 aliphatic heterocycles. The minimum absolute atomic E-state index is 0.513. The summed E-state index contributed by atoms with van der Waals surface area (Å²) in [4.78, 5) is 2.35. The van der Waals surface area contributed by atoms with E-state index in [4.69, 9.17) is 1.37 Å². The fourth-order valence-corrected chi connectivity index (χ4v) is 8.02. The third-order valence-electron chi connectivity index (χ3n) is 10.5. The molecule has 2 nitrogen and oxygen atoms in total. The minimum atomic E-state index is 0.513. The number of anilines is 3. The Morgan fingerprint density at radius 1 is 0.370 bits per heavy atom. The van der Waals surface area contributed by atoms with Gasteiger partial charge < -0.3 is 9.47 Å². The normalized spacial score (nSPS) is 11.6. The molecule has 1 heterocycles. The van der Waals surface area contributed by atoms with Gasteiger partial charge in [0.25, 0.3) is 0 Å². The molecule has 0 unspecified atom stereocenters. The Morgan fingerprint density at radius 3 is 1.74 bits per heavy atom. The Morgan fingerprint density at radius 2 is 0.944 bits per heavy atom. The highest BCUT2D eigenvalue weighted by atomic mass is 15.1. The monoisotopic (exact) mass is 689 g/mol. The smallest absolute Gasteiger partial charge is 0.0623 e. The van der Waals surface area contributed by atoms with Crippen LogP contribution >= 0.6 is 0 Å². The summed E-state index contributed by atoms with van der Waals surface area (Å²) in [7, 11) is 0. The number of rotatable bonds is 7. The largest absolute Gasteiger partial charge is 0.310 e. The Kier molecular flexibility index (Phi) is 7.58. The predicted octanol–water partition coefficient (Wildman–Crippen LogP) is 14.4. The van der Waals surface area contributed by atoms with Gasteiger partial charge in [0.15, 0.2) is 0 Å². The molecular formula is C52H36N2. The lowest BCUT2D eigenvalue weighted by molar-refractivity contribution is 1.18. The number of para-hydroxylation sites is 2. The number of nitrogens with zero attached hydrogens (tertiary/aromatic N) is 2. The van der Waals surface area contributed by atoms with Crippen molar-refractivity contribution in [2.45, 2.75) is 0 Å². The number of hydrogen-bond donors (Lipinski definition) is 0. The molecule has 0 saturated carbocycles. The van der Waals surface area contributed by atoms with Crippen molar-refractivity contribution in [1.82, 2.24) is 4.57 Å². The lowest BCUT2D eigenvalue weighted by Gasteiger charge is -2.26. The lowest BCUT2D eigenvalue weighted by Crippen LogP contribution is -2.10. The molecule has 0 aliphatic carbocycles. The zero-order chi connectivity index (χ0) is 36.7. The molecule has 2 heteroatoms. The van der Waals surface area contributed by atoms with Gasteiger partial charge in [-0.2, -0.15) is 0 Å². The standard InChI is InChI=1S/C52H36N2/c1-3-14-37(15-4-1)38-28-32-43(33-29-38)53(44-34-30-40(31-35-44)47-24-12-17-39-16-7-8-22-46(39)47)45-21-11-18-41(36-45)48-25-13-27-51-52(48)49-23-9-10-26-50(49)54(51)42-19-5-2-6-20-42/h1-36H/i1D. The molecule has 0 bridgehead atoms. The van der Waals surface area contributed by atoms with Crippen molar-refractivity contribution < 1.29 is 1.37 Å². The van der Waals surface area contributed by atoms with E-state index in [1.165, 1.54) is 49.3 Å². The van der Waals surface area contributed by atoms with Crippen LogP contribution in [0.3, 0.4) is 0 Å². The van der Waals surface area contributed by atoms with E-state index in [0.717, 1.165) is 39.4 Å². The molecule has 0 spiro atoms. The molecule has 0 amide bonds. The average molecular weight is 690 g/mol. The third-order valence-corrected chi connectivity index (χ3v) is 10.5. The van der Waals surface area contributed by atoms with Crippen LogP contribution in [0.25, 0.3) is 71.6 Å². The van der Waals surface area contributed by atoms with Crippen molar-refractivity contribution in [3.8, 4) is 39.1 Å². The molecule has 0 fully saturated rings. The molecule has 0 radical (unpaired) electrons. The molecule has 9 aromatic carbocycles. The van der Waals surface area contributed by atoms with E-state index >= 15 is 0 Å². The third kappa shape index (κ3) is 5.53. The zero-order valence-corrected chi connectivity index (χ0v) is 29.6. The summed E-state index contributed by atoms with van der Waals surface area (Å²) < 4.78 is 10.3. The SMILES string of the molecule is [2H]c1ccc(-c2ccc(N(c3ccc(-c4cccc5ccccc45)cc3)c3cccc(-c4cccc5c4c4ccccc4n5-c4ccccc4)c3)cc2)cc1. The van der Waals surface area contributed by atoms with Gasteiger partial charge in [0, 0.05) is 33.5 Å². The van der Waals surface area contributed by atoms with Crippen LogP contribution in [-0.4, -0.2) is 4.57 Å². The Hall–Kier alpha value is -7.16. The van der Waals surface area contributed by atoms with Gasteiger partial charge in [-0.25, -0.2) is 0 Å². The van der Waals surface area contributed by atoms with Gasteiger partial charge in [-0.05, 0) is 105 Å². The fourth-order valence-electron chi connectivity index (χ4n) is 8.02. The van der Waals surface area contributed by atoms with E-state index in [1.807, 2.05) is 24.3 Å². The van der Waals surface area contributed by atoms with Crippen LogP contribution in [0.4, 0.5) is 17.1 Å². The maximum atomic E-state index is 7.94. The van der Waals surface area contributed by atoms with Gasteiger partial charge in [-0.1, -0.05) is 158 Å². The highest BCUT2D eigenvalue weighted by Gasteiger charge is 2.18. The number of fused-ring (bicyclic) bond motifs is 4. The molecule has 1 aromatic heterocycles. The first-order chi connectivity index (χ1) is 27.2. The first kappa shape index (κ1) is 30.5. The van der Waals surface area contributed by atoms with E-state index in [9.17, 15) is 0 Å². The van der Waals surface area contributed by atoms with E-state index in [2.05, 4.69) is 198 Å². The van der Waals surface area contributed by atoms with Crippen molar-refractivity contribution in [2.24, 2.45) is 0 Å². The van der Waals surface area contributed by atoms with Crippen LogP contribution in [0.15, 0.2) is 218 Å². The summed E-state index contributed by atoms with van der Waals surface area (Å²) in [5.74, 6) is 0. The van der Waals surface area contributed by atoms with Crippen LogP contribution in [0.2, 0.25) is 0 Å². The number of hydrogen-bond acceptors (Lipinski definition) is 1. The second kappa shape index (κ2) is 13.4. The molecule has 0 atom stereocenters. The summed E-state index contributed by atoms with van der Waals surface area (Å²) in [6, 6.07) is 76.0. The molecular weight excluding hydrogens is 653 g/mol. The Labute approximate surface area is 316 Å². The lowest BCUT2D eigenvalue weighted by atomic mass is 9.97. The highest BCUT2D eigenvalue weighted by Crippen LogP contribution is 2.42. The first-order valence-corrected chi connectivity index (χ1v) is 18.4. The predicted molar refractivity (Wildman–Crippen MR) is 229 cm³/mol. The molecule has 54 heavy (non-hydrogen) atoms. The minimum Gasteiger partial charge on any atom is -0.310 e. The van der Waals surface area contributed by atoms with E-state index < -0.39 is 0 Å². The maximum Gasteiger partial charge on any atom is 0.0623 e. The van der Waals surface area contributed by atoms with Crippen LogP contribution in [0.1, 0.15) is 1.37 Å². The summed E-state index contributed by atoms with van der Waals surface area (Å²) in [6.45, 7) is 0. The van der Waals surface area contributed by atoms with Gasteiger partial charge in [0.2, 0.25) is 0 Å². The highest BCUT2D eigenvalue weighted by molar-refractivity contribution is 6.16. The topological polar surface area (TPSA) is 8.17 Å².